The van der Waals surface area contributed by atoms with Crippen LogP contribution < -0.4 is 10.6 Å². The van der Waals surface area contributed by atoms with Crippen LogP contribution in [0.25, 0.3) is 0 Å². The molecular weight excluding hydrogens is 373 g/mol. The van der Waals surface area contributed by atoms with Crippen molar-refractivity contribution in [1.29, 1.82) is 0 Å². The van der Waals surface area contributed by atoms with Gasteiger partial charge in [0.1, 0.15) is 0 Å². The normalized spacial score (nSPS) is 16.9. The Bertz CT molecular complexity index is 611. The fraction of sp³-hybridized carbons (Fsp3) is 0.579. The zero-order valence-electron chi connectivity index (χ0n) is 15.4. The summed E-state index contributed by atoms with van der Waals surface area (Å²) in [5.74, 6) is 0.0862. The maximum Gasteiger partial charge on any atom is 0.241 e. The average molecular weight is 400 g/mol. The highest BCUT2D eigenvalue weighted by molar-refractivity contribution is 6.35. The third kappa shape index (κ3) is 6.15. The lowest BCUT2D eigenvalue weighted by atomic mass is 9.95. The summed E-state index contributed by atoms with van der Waals surface area (Å²) in [7, 11) is 0. The summed E-state index contributed by atoms with van der Waals surface area (Å²) in [6, 6.07) is 4.69. The molecule has 1 aliphatic heterocycles. The Balaban J connectivity index is 1.82. The van der Waals surface area contributed by atoms with Crippen LogP contribution in [0, 0.1) is 5.92 Å². The minimum absolute atomic E-state index is 0.0464. The summed E-state index contributed by atoms with van der Waals surface area (Å²) >= 11 is 11.9. The van der Waals surface area contributed by atoms with E-state index in [1.165, 1.54) is 0 Å². The lowest BCUT2D eigenvalue weighted by Gasteiger charge is -2.34. The number of carbonyl (C=O) groups is 2. The smallest absolute Gasteiger partial charge is 0.241 e. The first-order valence-electron chi connectivity index (χ1n) is 9.19. The number of nitrogens with zero attached hydrogens (tertiary/aromatic N) is 1. The number of benzene rings is 1. The van der Waals surface area contributed by atoms with Crippen molar-refractivity contribution in [3.63, 3.8) is 0 Å². The highest BCUT2D eigenvalue weighted by Gasteiger charge is 2.29. The molecule has 26 heavy (non-hydrogen) atoms. The number of halogens is 2. The second kappa shape index (κ2) is 10.1. The molecule has 1 fully saturated rings. The molecule has 1 heterocycles. The minimum Gasteiger partial charge on any atom is -0.356 e. The quantitative estimate of drug-likeness (QED) is 0.682. The van der Waals surface area contributed by atoms with Crippen LogP contribution >= 0.6 is 23.2 Å². The summed E-state index contributed by atoms with van der Waals surface area (Å²) < 4.78 is 0. The van der Waals surface area contributed by atoms with Gasteiger partial charge in [0.25, 0.3) is 0 Å². The molecule has 0 radical (unpaired) electrons. The number of unbranched alkanes of at least 4 members (excludes halogenated alkanes) is 1. The number of nitrogens with one attached hydrogen (secondary N) is 2. The van der Waals surface area contributed by atoms with Gasteiger partial charge in [0, 0.05) is 28.2 Å². The summed E-state index contributed by atoms with van der Waals surface area (Å²) in [6.45, 7) is 6.20. The molecule has 0 aliphatic carbocycles. The average Bonchev–Trinajstić information content (AvgIpc) is 2.60. The minimum atomic E-state index is -0.281. The Morgan fingerprint density at radius 3 is 2.38 bits per heavy atom. The van der Waals surface area contributed by atoms with E-state index >= 15 is 0 Å². The van der Waals surface area contributed by atoms with Gasteiger partial charge in [0.05, 0.1) is 6.04 Å². The van der Waals surface area contributed by atoms with E-state index in [2.05, 4.69) is 22.5 Å². The van der Waals surface area contributed by atoms with Crippen molar-refractivity contribution in [3.8, 4) is 0 Å². The molecule has 1 aromatic rings. The zero-order chi connectivity index (χ0) is 19.1. The molecule has 2 rings (SSSR count). The predicted molar refractivity (Wildman–Crippen MR) is 107 cm³/mol. The van der Waals surface area contributed by atoms with Gasteiger partial charge >= 0.3 is 0 Å². The first-order valence-corrected chi connectivity index (χ1v) is 9.95. The molecular formula is C19H27Cl2N3O2. The summed E-state index contributed by atoms with van der Waals surface area (Å²) in [6.07, 6.45) is 3.63. The van der Waals surface area contributed by atoms with Crippen LogP contribution in [0.5, 0.6) is 0 Å². The van der Waals surface area contributed by atoms with Crippen LogP contribution in [0.3, 0.4) is 0 Å². The van der Waals surface area contributed by atoms with E-state index in [9.17, 15) is 9.59 Å². The zero-order valence-corrected chi connectivity index (χ0v) is 16.9. The van der Waals surface area contributed by atoms with Crippen LogP contribution in [-0.2, 0) is 9.59 Å². The van der Waals surface area contributed by atoms with E-state index in [0.717, 1.165) is 45.3 Å². The fourth-order valence-electron chi connectivity index (χ4n) is 3.12. The summed E-state index contributed by atoms with van der Waals surface area (Å²) in [4.78, 5) is 26.8. The first kappa shape index (κ1) is 21.0. The van der Waals surface area contributed by atoms with Gasteiger partial charge in [-0.15, -0.1) is 0 Å². The first-order chi connectivity index (χ1) is 12.4. The molecule has 1 unspecified atom stereocenters. The SMILES string of the molecule is CCCCNC(=O)C1CCN(C(C)C(=O)Nc2cc(Cl)cc(Cl)c2)CC1. The Hall–Kier alpha value is -1.30. The molecule has 0 saturated carbocycles. The number of amides is 2. The number of likely N-dealkylation sites (tertiary alicyclic amines) is 1. The van der Waals surface area contributed by atoms with E-state index in [1.807, 2.05) is 6.92 Å². The molecule has 144 valence electrons. The topological polar surface area (TPSA) is 61.4 Å². The lowest BCUT2D eigenvalue weighted by molar-refractivity contribution is -0.127. The van der Waals surface area contributed by atoms with Gasteiger partial charge in [-0.25, -0.2) is 0 Å². The van der Waals surface area contributed by atoms with Gasteiger partial charge in [-0.05, 0) is 57.5 Å². The van der Waals surface area contributed by atoms with Crippen LogP contribution in [0.4, 0.5) is 5.69 Å². The van der Waals surface area contributed by atoms with Crippen molar-refractivity contribution in [2.75, 3.05) is 25.0 Å². The van der Waals surface area contributed by atoms with E-state index < -0.39 is 0 Å². The van der Waals surface area contributed by atoms with Crippen molar-refractivity contribution < 1.29 is 9.59 Å². The van der Waals surface area contributed by atoms with Crippen molar-refractivity contribution in [2.45, 2.75) is 45.6 Å². The van der Waals surface area contributed by atoms with Crippen molar-refractivity contribution in [1.82, 2.24) is 10.2 Å². The van der Waals surface area contributed by atoms with E-state index in [4.69, 9.17) is 23.2 Å². The van der Waals surface area contributed by atoms with Gasteiger partial charge < -0.3 is 10.6 Å². The van der Waals surface area contributed by atoms with Crippen LogP contribution in [0.2, 0.25) is 10.0 Å². The Morgan fingerprint density at radius 1 is 1.19 bits per heavy atom. The molecule has 2 N–H and O–H groups in total. The van der Waals surface area contributed by atoms with Gasteiger partial charge in [0.15, 0.2) is 0 Å². The molecule has 0 spiro atoms. The van der Waals surface area contributed by atoms with Gasteiger partial charge in [-0.3, -0.25) is 14.5 Å². The number of piperidine rings is 1. The number of rotatable bonds is 7. The summed E-state index contributed by atoms with van der Waals surface area (Å²) in [5.41, 5.74) is 0.588. The highest BCUT2D eigenvalue weighted by atomic mass is 35.5. The third-order valence-corrected chi connectivity index (χ3v) is 5.22. The standard InChI is InChI=1S/C19H27Cl2N3O2/c1-3-4-7-22-19(26)14-5-8-24(9-6-14)13(2)18(25)23-17-11-15(20)10-16(21)12-17/h10-14H,3-9H2,1-2H3,(H,22,26)(H,23,25). The van der Waals surface area contributed by atoms with Gasteiger partial charge in [-0.1, -0.05) is 36.5 Å². The maximum absolute atomic E-state index is 12.5. The van der Waals surface area contributed by atoms with Crippen LogP contribution in [-0.4, -0.2) is 42.4 Å². The van der Waals surface area contributed by atoms with Gasteiger partial charge in [0.2, 0.25) is 11.8 Å². The van der Waals surface area contributed by atoms with E-state index in [0.29, 0.717) is 15.7 Å². The van der Waals surface area contributed by atoms with Crippen molar-refractivity contribution >= 4 is 40.7 Å². The number of hydrogen-bond donors (Lipinski definition) is 2. The molecule has 2 amide bonds. The second-order valence-electron chi connectivity index (χ2n) is 6.78. The van der Waals surface area contributed by atoms with Crippen LogP contribution in [0.15, 0.2) is 18.2 Å². The Kier molecular flexibility index (Phi) is 8.19. The van der Waals surface area contributed by atoms with E-state index in [1.54, 1.807) is 18.2 Å². The number of anilines is 1. The number of hydrogen-bond acceptors (Lipinski definition) is 3. The third-order valence-electron chi connectivity index (χ3n) is 4.79. The lowest BCUT2D eigenvalue weighted by Crippen LogP contribution is -2.48. The van der Waals surface area contributed by atoms with E-state index in [-0.39, 0.29) is 23.8 Å². The summed E-state index contributed by atoms with van der Waals surface area (Å²) in [5, 5.41) is 6.83. The fourth-order valence-corrected chi connectivity index (χ4v) is 3.65. The molecule has 1 aromatic carbocycles. The molecule has 1 saturated heterocycles. The highest BCUT2D eigenvalue weighted by Crippen LogP contribution is 2.24. The maximum atomic E-state index is 12.5. The molecule has 0 aromatic heterocycles. The molecule has 1 atom stereocenters. The Labute approximate surface area is 165 Å². The molecule has 0 bridgehead atoms. The molecule has 5 nitrogen and oxygen atoms in total. The molecule has 1 aliphatic rings. The monoisotopic (exact) mass is 399 g/mol. The van der Waals surface area contributed by atoms with Crippen molar-refractivity contribution in [2.24, 2.45) is 5.92 Å². The second-order valence-corrected chi connectivity index (χ2v) is 7.65. The largest absolute Gasteiger partial charge is 0.356 e. The predicted octanol–water partition coefficient (Wildman–Crippen LogP) is 3.95. The van der Waals surface area contributed by atoms with Crippen LogP contribution in [0.1, 0.15) is 39.5 Å². The molecule has 7 heteroatoms. The van der Waals surface area contributed by atoms with Gasteiger partial charge in [-0.2, -0.15) is 0 Å². The van der Waals surface area contributed by atoms with Crippen molar-refractivity contribution in [3.05, 3.63) is 28.2 Å². The Morgan fingerprint density at radius 2 is 1.81 bits per heavy atom. The number of carbonyl (C=O) groups excluding carboxylic acids is 2.